The van der Waals surface area contributed by atoms with Crippen LogP contribution < -0.4 is 16.0 Å². The van der Waals surface area contributed by atoms with Gasteiger partial charge in [0.05, 0.1) is 5.69 Å². The SMILES string of the molecule is CN1CCc2ccc(Nc3ncc4c(n3)Nc3cccc(n3)C(C)(O)CC/C=C\CNC4=O)cc2C1. The number of anilines is 4. The lowest BCUT2D eigenvalue weighted by molar-refractivity contribution is 0.0444. The molecule has 4 heterocycles. The molecule has 0 fully saturated rings. The molecule has 4 N–H and O–H groups in total. The molecule has 186 valence electrons. The van der Waals surface area contributed by atoms with Gasteiger partial charge in [-0.3, -0.25) is 4.79 Å². The van der Waals surface area contributed by atoms with Gasteiger partial charge in [0, 0.05) is 31.5 Å². The first-order valence-corrected chi connectivity index (χ1v) is 12.2. The summed E-state index contributed by atoms with van der Waals surface area (Å²) in [7, 11) is 2.12. The van der Waals surface area contributed by atoms with Crippen LogP contribution in [0.1, 0.15) is 46.9 Å². The fourth-order valence-electron chi connectivity index (χ4n) is 4.47. The molecule has 1 atom stereocenters. The summed E-state index contributed by atoms with van der Waals surface area (Å²) in [5.41, 5.74) is 3.30. The van der Waals surface area contributed by atoms with Crippen molar-refractivity contribution in [1.82, 2.24) is 25.2 Å². The van der Waals surface area contributed by atoms with Crippen LogP contribution in [0.5, 0.6) is 0 Å². The minimum Gasteiger partial charge on any atom is -0.384 e. The normalized spacial score (nSPS) is 21.2. The number of benzene rings is 1. The Kier molecular flexibility index (Phi) is 6.67. The molecule has 0 spiro atoms. The number of rotatable bonds is 2. The van der Waals surface area contributed by atoms with E-state index in [4.69, 9.17) is 0 Å². The number of hydrogen-bond acceptors (Lipinski definition) is 8. The van der Waals surface area contributed by atoms with Crippen molar-refractivity contribution in [1.29, 1.82) is 0 Å². The Morgan fingerprint density at radius 1 is 1.14 bits per heavy atom. The van der Waals surface area contributed by atoms with E-state index in [-0.39, 0.29) is 5.91 Å². The van der Waals surface area contributed by atoms with Gasteiger partial charge in [-0.15, -0.1) is 0 Å². The molecule has 9 nitrogen and oxygen atoms in total. The van der Waals surface area contributed by atoms with E-state index in [1.165, 1.54) is 17.3 Å². The summed E-state index contributed by atoms with van der Waals surface area (Å²) in [6.07, 6.45) is 7.54. The smallest absolute Gasteiger partial charge is 0.256 e. The molecule has 0 saturated carbocycles. The van der Waals surface area contributed by atoms with Crippen molar-refractivity contribution in [3.05, 3.63) is 77.1 Å². The van der Waals surface area contributed by atoms with E-state index in [1.54, 1.807) is 19.1 Å². The third-order valence-corrected chi connectivity index (χ3v) is 6.59. The zero-order chi connectivity index (χ0) is 25.1. The quantitative estimate of drug-likeness (QED) is 0.407. The maximum absolute atomic E-state index is 12.9. The van der Waals surface area contributed by atoms with Gasteiger partial charge in [0.1, 0.15) is 22.8 Å². The highest BCUT2D eigenvalue weighted by atomic mass is 16.3. The molecule has 2 aliphatic rings. The molecule has 0 radical (unpaired) electrons. The first-order valence-electron chi connectivity index (χ1n) is 12.2. The third kappa shape index (κ3) is 5.37. The molecule has 1 unspecified atom stereocenters. The minimum atomic E-state index is -1.09. The standard InChI is InChI=1S/C27H31N7O2/c1-27(36)12-4-3-5-13-28-25(35)21-16-29-26(33-24(21)32-23-8-6-7-22(27)31-23)30-20-10-9-18-11-14-34(2)17-19(18)15-20/h3,5-10,15-16,36H,4,11-14,17H2,1-2H3,(H,28,35)(H2,29,30,31,32,33)/b5-3-. The Bertz CT molecular complexity index is 1310. The van der Waals surface area contributed by atoms with Crippen molar-refractivity contribution in [2.75, 3.05) is 30.8 Å². The molecule has 9 heteroatoms. The van der Waals surface area contributed by atoms with E-state index in [1.807, 2.05) is 24.3 Å². The molecule has 0 aliphatic carbocycles. The van der Waals surface area contributed by atoms with Gasteiger partial charge in [-0.2, -0.15) is 4.98 Å². The molecule has 1 amide bonds. The van der Waals surface area contributed by atoms with Gasteiger partial charge in [-0.25, -0.2) is 9.97 Å². The van der Waals surface area contributed by atoms with E-state index in [0.29, 0.717) is 48.2 Å². The monoisotopic (exact) mass is 485 g/mol. The predicted octanol–water partition coefficient (Wildman–Crippen LogP) is 3.63. The van der Waals surface area contributed by atoms with Gasteiger partial charge in [0.2, 0.25) is 5.95 Å². The average molecular weight is 486 g/mol. The second kappa shape index (κ2) is 10.0. The van der Waals surface area contributed by atoms with E-state index in [2.05, 4.69) is 55.0 Å². The summed E-state index contributed by atoms with van der Waals surface area (Å²) < 4.78 is 0. The Morgan fingerprint density at radius 2 is 2.03 bits per heavy atom. The van der Waals surface area contributed by atoms with Crippen LogP contribution in [0.4, 0.5) is 23.3 Å². The van der Waals surface area contributed by atoms with Crippen LogP contribution >= 0.6 is 0 Å². The summed E-state index contributed by atoms with van der Waals surface area (Å²) >= 11 is 0. The van der Waals surface area contributed by atoms with Crippen molar-refractivity contribution in [2.24, 2.45) is 0 Å². The predicted molar refractivity (Wildman–Crippen MR) is 140 cm³/mol. The largest absolute Gasteiger partial charge is 0.384 e. The van der Waals surface area contributed by atoms with Crippen LogP contribution in [-0.4, -0.2) is 51.0 Å². The lowest BCUT2D eigenvalue weighted by Crippen LogP contribution is -2.26. The highest BCUT2D eigenvalue weighted by molar-refractivity contribution is 5.99. The summed E-state index contributed by atoms with van der Waals surface area (Å²) in [4.78, 5) is 28.8. The number of pyridine rings is 1. The molecule has 2 bridgehead atoms. The molecule has 5 rings (SSSR count). The highest BCUT2D eigenvalue weighted by Crippen LogP contribution is 2.28. The van der Waals surface area contributed by atoms with Crippen LogP contribution in [0.3, 0.4) is 0 Å². The maximum atomic E-state index is 12.9. The number of carbonyl (C=O) groups is 1. The Balaban J connectivity index is 1.47. The molecule has 36 heavy (non-hydrogen) atoms. The van der Waals surface area contributed by atoms with Crippen molar-refractivity contribution < 1.29 is 9.90 Å². The molecular formula is C27H31N7O2. The Labute approximate surface area is 210 Å². The van der Waals surface area contributed by atoms with Crippen LogP contribution in [0.25, 0.3) is 0 Å². The molecule has 3 aromatic rings. The number of likely N-dealkylation sites (N-methyl/N-ethyl adjacent to an activating group) is 1. The van der Waals surface area contributed by atoms with Crippen LogP contribution in [0.2, 0.25) is 0 Å². The molecule has 2 aromatic heterocycles. The Morgan fingerprint density at radius 3 is 2.92 bits per heavy atom. The number of nitrogens with one attached hydrogen (secondary N) is 3. The van der Waals surface area contributed by atoms with Crippen LogP contribution in [-0.2, 0) is 18.6 Å². The molecular weight excluding hydrogens is 454 g/mol. The maximum Gasteiger partial charge on any atom is 0.256 e. The number of amides is 1. The summed E-state index contributed by atoms with van der Waals surface area (Å²) in [5.74, 6) is 0.886. The van der Waals surface area contributed by atoms with E-state index in [0.717, 1.165) is 25.2 Å². The zero-order valence-electron chi connectivity index (χ0n) is 20.6. The second-order valence-corrected chi connectivity index (χ2v) is 9.58. The minimum absolute atomic E-state index is 0.286. The number of fused-ring (bicyclic) bond motifs is 4. The number of aromatic nitrogens is 3. The molecule has 1 aromatic carbocycles. The van der Waals surface area contributed by atoms with Crippen LogP contribution in [0.15, 0.2) is 54.7 Å². The van der Waals surface area contributed by atoms with Gasteiger partial charge < -0.3 is 26.0 Å². The first kappa shape index (κ1) is 23.9. The highest BCUT2D eigenvalue weighted by Gasteiger charge is 2.25. The van der Waals surface area contributed by atoms with Gasteiger partial charge >= 0.3 is 0 Å². The van der Waals surface area contributed by atoms with Gasteiger partial charge in [0.25, 0.3) is 5.91 Å². The van der Waals surface area contributed by atoms with Crippen molar-refractivity contribution in [3.63, 3.8) is 0 Å². The Hall–Kier alpha value is -3.82. The van der Waals surface area contributed by atoms with Crippen molar-refractivity contribution >= 4 is 29.2 Å². The van der Waals surface area contributed by atoms with Crippen LogP contribution in [0, 0.1) is 0 Å². The summed E-state index contributed by atoms with van der Waals surface area (Å²) in [5, 5.41) is 20.3. The number of nitrogens with zero attached hydrogens (tertiary/aromatic N) is 4. The fourth-order valence-corrected chi connectivity index (χ4v) is 4.47. The number of carbonyl (C=O) groups excluding carboxylic acids is 1. The van der Waals surface area contributed by atoms with Gasteiger partial charge in [-0.1, -0.05) is 24.3 Å². The van der Waals surface area contributed by atoms with Gasteiger partial charge in [-0.05, 0) is 68.6 Å². The lowest BCUT2D eigenvalue weighted by Gasteiger charge is -2.25. The molecule has 2 aliphatic heterocycles. The fraction of sp³-hybridized carbons (Fsp3) is 0.333. The van der Waals surface area contributed by atoms with Crippen molar-refractivity contribution in [2.45, 2.75) is 38.3 Å². The van der Waals surface area contributed by atoms with Crippen molar-refractivity contribution in [3.8, 4) is 0 Å². The second-order valence-electron chi connectivity index (χ2n) is 9.58. The zero-order valence-corrected chi connectivity index (χ0v) is 20.6. The number of aliphatic hydroxyl groups is 1. The average Bonchev–Trinajstić information content (AvgIpc) is 2.85. The number of hydrogen-bond donors (Lipinski definition) is 4. The third-order valence-electron chi connectivity index (χ3n) is 6.59. The lowest BCUT2D eigenvalue weighted by atomic mass is 9.95. The summed E-state index contributed by atoms with van der Waals surface area (Å²) in [6.45, 7) is 4.09. The summed E-state index contributed by atoms with van der Waals surface area (Å²) in [6, 6.07) is 11.7. The van der Waals surface area contributed by atoms with E-state index >= 15 is 0 Å². The van der Waals surface area contributed by atoms with Gasteiger partial charge in [0.15, 0.2) is 0 Å². The molecule has 0 saturated heterocycles. The number of allylic oxidation sites excluding steroid dienone is 1. The topological polar surface area (TPSA) is 115 Å². The van der Waals surface area contributed by atoms with E-state index in [9.17, 15) is 9.90 Å². The van der Waals surface area contributed by atoms with E-state index < -0.39 is 5.60 Å². The first-order chi connectivity index (χ1) is 17.4.